The molecule has 0 radical (unpaired) electrons. The second-order valence-corrected chi connectivity index (χ2v) is 8.69. The molecule has 0 saturated carbocycles. The van der Waals surface area contributed by atoms with Gasteiger partial charge in [0.05, 0.1) is 0 Å². The van der Waals surface area contributed by atoms with E-state index in [1.807, 2.05) is 6.07 Å². The molecule has 5 nitrogen and oxygen atoms in total. The van der Waals surface area contributed by atoms with Crippen molar-refractivity contribution in [1.82, 2.24) is 10.2 Å². The van der Waals surface area contributed by atoms with Gasteiger partial charge < -0.3 is 10.1 Å². The predicted molar refractivity (Wildman–Crippen MR) is 130 cm³/mol. The number of carbonyl (C=O) groups excluding carboxylic acids is 2. The van der Waals surface area contributed by atoms with Crippen LogP contribution in [0.15, 0.2) is 78.9 Å². The molecular weight excluding hydrogens is 436 g/mol. The summed E-state index contributed by atoms with van der Waals surface area (Å²) in [6.07, 6.45) is 1.86. The summed E-state index contributed by atoms with van der Waals surface area (Å²) >= 11 is 5.88. The number of nitrogens with one attached hydrogen (secondary N) is 1. The molecule has 1 amide bonds. The lowest BCUT2D eigenvalue weighted by Crippen LogP contribution is -2.45. The summed E-state index contributed by atoms with van der Waals surface area (Å²) in [4.78, 5) is 27.3. The third-order valence-electron chi connectivity index (χ3n) is 5.79. The first-order chi connectivity index (χ1) is 16.1. The normalized spacial score (nSPS) is 14.6. The maximum atomic E-state index is 12.5. The van der Waals surface area contributed by atoms with Crippen LogP contribution in [0.5, 0.6) is 5.75 Å². The topological polar surface area (TPSA) is 58.6 Å². The number of piperidine rings is 1. The second-order valence-electron chi connectivity index (χ2n) is 8.25. The van der Waals surface area contributed by atoms with Crippen LogP contribution in [0, 0.1) is 0 Å². The summed E-state index contributed by atoms with van der Waals surface area (Å²) < 4.78 is 5.61. The molecule has 0 aromatic heterocycles. The molecule has 3 aromatic carbocycles. The minimum atomic E-state index is -0.127. The molecule has 1 heterocycles. The van der Waals surface area contributed by atoms with Crippen molar-refractivity contribution in [2.45, 2.75) is 25.4 Å². The van der Waals surface area contributed by atoms with Crippen LogP contribution < -0.4 is 10.1 Å². The smallest absolute Gasteiger partial charge is 0.258 e. The van der Waals surface area contributed by atoms with Crippen molar-refractivity contribution in [2.24, 2.45) is 0 Å². The molecule has 1 aliphatic heterocycles. The molecule has 170 valence electrons. The quantitative estimate of drug-likeness (QED) is 0.492. The fourth-order valence-electron chi connectivity index (χ4n) is 3.97. The first-order valence-corrected chi connectivity index (χ1v) is 11.5. The van der Waals surface area contributed by atoms with Gasteiger partial charge in [-0.05, 0) is 66.9 Å². The lowest BCUT2D eigenvalue weighted by molar-refractivity contribution is -0.124. The Morgan fingerprint density at radius 2 is 1.48 bits per heavy atom. The Labute approximate surface area is 199 Å². The van der Waals surface area contributed by atoms with E-state index in [1.54, 1.807) is 48.5 Å². The molecule has 0 spiro atoms. The lowest BCUT2D eigenvalue weighted by Gasteiger charge is -2.32. The van der Waals surface area contributed by atoms with Gasteiger partial charge in [0.15, 0.2) is 12.4 Å². The van der Waals surface area contributed by atoms with Crippen LogP contribution in [0.2, 0.25) is 5.02 Å². The van der Waals surface area contributed by atoms with Crippen LogP contribution in [0.4, 0.5) is 0 Å². The monoisotopic (exact) mass is 462 g/mol. The van der Waals surface area contributed by atoms with Gasteiger partial charge in [-0.25, -0.2) is 0 Å². The minimum Gasteiger partial charge on any atom is -0.484 e. The summed E-state index contributed by atoms with van der Waals surface area (Å²) in [5, 5.41) is 3.66. The van der Waals surface area contributed by atoms with Crippen LogP contribution in [-0.2, 0) is 11.3 Å². The Bertz CT molecular complexity index is 1060. The molecule has 1 N–H and O–H groups in total. The van der Waals surface area contributed by atoms with Crippen LogP contribution in [0.3, 0.4) is 0 Å². The minimum absolute atomic E-state index is 0.0469. The number of carbonyl (C=O) groups is 2. The lowest BCUT2D eigenvalue weighted by atomic mass is 10.0. The third-order valence-corrected chi connectivity index (χ3v) is 6.05. The average molecular weight is 463 g/mol. The highest BCUT2D eigenvalue weighted by Gasteiger charge is 2.21. The first kappa shape index (κ1) is 23.0. The van der Waals surface area contributed by atoms with Gasteiger partial charge in [0, 0.05) is 41.8 Å². The fourth-order valence-corrected chi connectivity index (χ4v) is 4.09. The zero-order valence-electron chi connectivity index (χ0n) is 18.4. The van der Waals surface area contributed by atoms with Gasteiger partial charge in [0.1, 0.15) is 5.75 Å². The van der Waals surface area contributed by atoms with Crippen molar-refractivity contribution in [3.8, 4) is 5.75 Å². The number of hydrogen-bond donors (Lipinski definition) is 1. The molecule has 6 heteroatoms. The van der Waals surface area contributed by atoms with Gasteiger partial charge >= 0.3 is 0 Å². The molecule has 1 fully saturated rings. The van der Waals surface area contributed by atoms with Crippen molar-refractivity contribution >= 4 is 23.3 Å². The average Bonchev–Trinajstić information content (AvgIpc) is 2.85. The second kappa shape index (κ2) is 11.1. The molecule has 0 unspecified atom stereocenters. The van der Waals surface area contributed by atoms with Crippen molar-refractivity contribution in [3.05, 3.63) is 101 Å². The van der Waals surface area contributed by atoms with Crippen molar-refractivity contribution in [1.29, 1.82) is 0 Å². The van der Waals surface area contributed by atoms with Crippen LogP contribution in [0.25, 0.3) is 0 Å². The number of ketones is 1. The van der Waals surface area contributed by atoms with E-state index in [2.05, 4.69) is 34.5 Å². The predicted octanol–water partition coefficient (Wildman–Crippen LogP) is 4.73. The van der Waals surface area contributed by atoms with Crippen LogP contribution in [0.1, 0.15) is 34.3 Å². The summed E-state index contributed by atoms with van der Waals surface area (Å²) in [7, 11) is 0. The third kappa shape index (κ3) is 6.67. The van der Waals surface area contributed by atoms with Gasteiger partial charge in [-0.1, -0.05) is 41.9 Å². The summed E-state index contributed by atoms with van der Waals surface area (Å²) in [6, 6.07) is 24.2. The van der Waals surface area contributed by atoms with Crippen molar-refractivity contribution < 1.29 is 14.3 Å². The number of rotatable bonds is 8. The number of likely N-dealkylation sites (tertiary alicyclic amines) is 1. The van der Waals surface area contributed by atoms with Gasteiger partial charge in [0.25, 0.3) is 5.91 Å². The van der Waals surface area contributed by atoms with Crippen LogP contribution >= 0.6 is 11.6 Å². The molecule has 4 rings (SSSR count). The van der Waals surface area contributed by atoms with Gasteiger partial charge in [-0.15, -0.1) is 0 Å². The number of ether oxygens (including phenoxy) is 1. The van der Waals surface area contributed by atoms with E-state index in [0.29, 0.717) is 21.9 Å². The standard InChI is InChI=1S/C27H27ClN2O3/c28-23-10-6-21(7-11-23)27(32)22-8-12-25(13-9-22)33-19-26(31)29-24-14-16-30(17-15-24)18-20-4-2-1-3-5-20/h1-13,24H,14-19H2,(H,29,31). The Morgan fingerprint density at radius 1 is 0.879 bits per heavy atom. The fraction of sp³-hybridized carbons (Fsp3) is 0.259. The molecule has 33 heavy (non-hydrogen) atoms. The number of hydrogen-bond acceptors (Lipinski definition) is 4. The van der Waals surface area contributed by atoms with Crippen molar-refractivity contribution in [2.75, 3.05) is 19.7 Å². The number of nitrogens with zero attached hydrogens (tertiary/aromatic N) is 1. The highest BCUT2D eigenvalue weighted by molar-refractivity contribution is 6.30. The largest absolute Gasteiger partial charge is 0.484 e. The molecule has 1 saturated heterocycles. The Hall–Kier alpha value is -3.15. The Kier molecular flexibility index (Phi) is 7.76. The van der Waals surface area contributed by atoms with Crippen molar-refractivity contribution in [3.63, 3.8) is 0 Å². The zero-order chi connectivity index (χ0) is 23.0. The summed E-state index contributed by atoms with van der Waals surface area (Å²) in [6.45, 7) is 2.82. The highest BCUT2D eigenvalue weighted by atomic mass is 35.5. The van der Waals surface area contributed by atoms with E-state index in [-0.39, 0.29) is 24.3 Å². The Morgan fingerprint density at radius 3 is 2.12 bits per heavy atom. The van der Waals surface area contributed by atoms with Gasteiger partial charge in [-0.2, -0.15) is 0 Å². The molecule has 0 bridgehead atoms. The number of benzene rings is 3. The highest BCUT2D eigenvalue weighted by Crippen LogP contribution is 2.18. The van der Waals surface area contributed by atoms with E-state index in [4.69, 9.17) is 16.3 Å². The van der Waals surface area contributed by atoms with E-state index in [0.717, 1.165) is 32.5 Å². The molecule has 0 aliphatic carbocycles. The van der Waals surface area contributed by atoms with E-state index >= 15 is 0 Å². The SMILES string of the molecule is O=C(COc1ccc(C(=O)c2ccc(Cl)cc2)cc1)NC1CCN(Cc2ccccc2)CC1. The van der Waals surface area contributed by atoms with Crippen LogP contribution in [-0.4, -0.2) is 42.3 Å². The molecular formula is C27H27ClN2O3. The summed E-state index contributed by atoms with van der Waals surface area (Å²) in [5.41, 5.74) is 2.44. The van der Waals surface area contributed by atoms with Gasteiger partial charge in [0.2, 0.25) is 0 Å². The van der Waals surface area contributed by atoms with E-state index in [9.17, 15) is 9.59 Å². The zero-order valence-corrected chi connectivity index (χ0v) is 19.1. The molecule has 1 aliphatic rings. The van der Waals surface area contributed by atoms with E-state index < -0.39 is 0 Å². The van der Waals surface area contributed by atoms with E-state index in [1.165, 1.54) is 5.56 Å². The van der Waals surface area contributed by atoms with Gasteiger partial charge in [-0.3, -0.25) is 14.5 Å². The maximum absolute atomic E-state index is 12.5. The number of halogens is 1. The molecule has 3 aromatic rings. The Balaban J connectivity index is 1.19. The maximum Gasteiger partial charge on any atom is 0.258 e. The molecule has 0 atom stereocenters. The first-order valence-electron chi connectivity index (χ1n) is 11.2. The summed E-state index contributed by atoms with van der Waals surface area (Å²) in [5.74, 6) is 0.336. The number of amides is 1.